The quantitative estimate of drug-likeness (QED) is 0.121. The predicted molar refractivity (Wildman–Crippen MR) is 220 cm³/mol. The van der Waals surface area contributed by atoms with E-state index in [1.165, 1.54) is 64.8 Å². The number of hydrogen-bond donors (Lipinski definition) is 2. The molecule has 0 spiro atoms. The lowest BCUT2D eigenvalue weighted by Gasteiger charge is -2.26. The van der Waals surface area contributed by atoms with E-state index in [0.717, 1.165) is 33.7 Å². The van der Waals surface area contributed by atoms with Crippen molar-refractivity contribution in [1.29, 1.82) is 0 Å². The summed E-state index contributed by atoms with van der Waals surface area (Å²) < 4.78 is 58.8. The van der Waals surface area contributed by atoms with Crippen LogP contribution in [0.25, 0.3) is 20.4 Å². The number of aryl methyl sites for hydroxylation is 1. The standard InChI is InChI=1S/C43H34F4N6O4S2/c1-23-8-26(40(54)50-36(14-24-10-28(44)17-29(45)11-24)42(56)52(2)32-4-6-38-34(19-32)48-21-58-38)16-27(9-23)41(55)51-37(15-25-12-30(46)18-31(47)13-25)43(57)53(3)33-5-7-39-35(20-33)49-22-59-39/h4-13,16-22,36-37H,14-15H2,1-3H3,(H,50,54)(H,51,55)/t36-,37-/m0/s1. The summed E-state index contributed by atoms with van der Waals surface area (Å²) in [6, 6.07) is 17.7. The fraction of sp³-hybridized carbons (Fsp3) is 0.163. The summed E-state index contributed by atoms with van der Waals surface area (Å²) in [5.41, 5.74) is 6.19. The number of likely N-dealkylation sites (N-methyl/N-ethyl adjacent to an activating group) is 2. The van der Waals surface area contributed by atoms with Gasteiger partial charge in [-0.3, -0.25) is 19.2 Å². The Morgan fingerprint density at radius 2 is 0.966 bits per heavy atom. The third-order valence-electron chi connectivity index (χ3n) is 9.60. The van der Waals surface area contributed by atoms with Gasteiger partial charge in [0.05, 0.1) is 31.5 Å². The van der Waals surface area contributed by atoms with E-state index >= 15 is 0 Å². The molecule has 0 unspecified atom stereocenters. The van der Waals surface area contributed by atoms with Crippen LogP contribution in [0.15, 0.2) is 102 Å². The minimum atomic E-state index is -1.33. The average molecular weight is 839 g/mol. The van der Waals surface area contributed by atoms with Gasteiger partial charge in [-0.2, -0.15) is 0 Å². The number of carbonyl (C=O) groups excluding carboxylic acids is 4. The Morgan fingerprint density at radius 1 is 0.576 bits per heavy atom. The Kier molecular flexibility index (Phi) is 11.8. The molecule has 59 heavy (non-hydrogen) atoms. The maximum absolute atomic E-state index is 14.3. The summed E-state index contributed by atoms with van der Waals surface area (Å²) in [4.78, 5) is 67.2. The monoisotopic (exact) mass is 838 g/mol. The van der Waals surface area contributed by atoms with Crippen LogP contribution in [-0.4, -0.2) is 59.8 Å². The van der Waals surface area contributed by atoms with Crippen molar-refractivity contribution in [3.05, 3.63) is 153 Å². The maximum Gasteiger partial charge on any atom is 0.251 e. The van der Waals surface area contributed by atoms with Gasteiger partial charge >= 0.3 is 0 Å². The smallest absolute Gasteiger partial charge is 0.251 e. The Morgan fingerprint density at radius 3 is 1.36 bits per heavy atom. The summed E-state index contributed by atoms with van der Waals surface area (Å²) in [6.07, 6.45) is -0.565. The van der Waals surface area contributed by atoms with E-state index in [9.17, 15) is 36.7 Å². The van der Waals surface area contributed by atoms with E-state index in [-0.39, 0.29) is 35.1 Å². The number of nitrogens with one attached hydrogen (secondary N) is 2. The van der Waals surface area contributed by atoms with Crippen LogP contribution in [-0.2, 0) is 22.4 Å². The Labute approximate surface area is 343 Å². The minimum Gasteiger partial charge on any atom is -0.340 e. The van der Waals surface area contributed by atoms with Gasteiger partial charge in [-0.05, 0) is 102 Å². The molecule has 0 bridgehead atoms. The normalized spacial score (nSPS) is 12.3. The topological polar surface area (TPSA) is 125 Å². The molecule has 300 valence electrons. The van der Waals surface area contributed by atoms with Gasteiger partial charge in [0.2, 0.25) is 11.8 Å². The molecule has 0 fully saturated rings. The molecule has 2 aromatic heterocycles. The molecule has 0 saturated carbocycles. The highest BCUT2D eigenvalue weighted by Gasteiger charge is 2.29. The molecular weight excluding hydrogens is 805 g/mol. The van der Waals surface area contributed by atoms with Crippen molar-refractivity contribution in [2.45, 2.75) is 31.8 Å². The van der Waals surface area contributed by atoms with Crippen molar-refractivity contribution in [3.8, 4) is 0 Å². The summed E-state index contributed by atoms with van der Waals surface area (Å²) in [6.45, 7) is 1.63. The SMILES string of the molecule is Cc1cc(C(=O)N[C@@H](Cc2cc(F)cc(F)c2)C(=O)N(C)c2ccc3scnc3c2)cc(C(=O)N[C@@H](Cc2cc(F)cc(F)c2)C(=O)N(C)c2ccc3scnc3c2)c1. The molecule has 0 aliphatic heterocycles. The number of rotatable bonds is 12. The van der Waals surface area contributed by atoms with Gasteiger partial charge in [0, 0.05) is 61.6 Å². The first-order valence-corrected chi connectivity index (χ1v) is 19.8. The van der Waals surface area contributed by atoms with Crippen LogP contribution in [0, 0.1) is 30.2 Å². The van der Waals surface area contributed by atoms with Crippen LogP contribution in [0.5, 0.6) is 0 Å². The molecule has 4 amide bonds. The number of hydrogen-bond acceptors (Lipinski definition) is 8. The third kappa shape index (κ3) is 9.45. The summed E-state index contributed by atoms with van der Waals surface area (Å²) in [5, 5.41) is 5.37. The van der Waals surface area contributed by atoms with Gasteiger partial charge in [0.1, 0.15) is 35.4 Å². The van der Waals surface area contributed by atoms with Crippen LogP contribution < -0.4 is 20.4 Å². The van der Waals surface area contributed by atoms with Crippen LogP contribution >= 0.6 is 22.7 Å². The van der Waals surface area contributed by atoms with Gasteiger partial charge in [0.15, 0.2) is 0 Å². The van der Waals surface area contributed by atoms with E-state index in [1.54, 1.807) is 54.3 Å². The first-order valence-electron chi connectivity index (χ1n) is 18.1. The number of aromatic nitrogens is 2. The number of anilines is 2. The Balaban J connectivity index is 1.15. The van der Waals surface area contributed by atoms with Gasteiger partial charge < -0.3 is 20.4 Å². The van der Waals surface area contributed by atoms with Gasteiger partial charge in [-0.15, -0.1) is 22.7 Å². The van der Waals surface area contributed by atoms with Crippen molar-refractivity contribution >= 4 is 78.1 Å². The second kappa shape index (κ2) is 17.1. The molecule has 2 heterocycles. The maximum atomic E-state index is 14.3. The molecule has 7 rings (SSSR count). The lowest BCUT2D eigenvalue weighted by atomic mass is 10.0. The zero-order chi connectivity index (χ0) is 42.0. The molecule has 2 N–H and O–H groups in total. The number of halogens is 4. The highest BCUT2D eigenvalue weighted by Crippen LogP contribution is 2.26. The predicted octanol–water partition coefficient (Wildman–Crippen LogP) is 7.78. The van der Waals surface area contributed by atoms with Gasteiger partial charge in [-0.25, -0.2) is 27.5 Å². The van der Waals surface area contributed by atoms with Gasteiger partial charge in [-0.1, -0.05) is 0 Å². The fourth-order valence-electron chi connectivity index (χ4n) is 6.69. The number of nitrogens with zero attached hydrogens (tertiary/aromatic N) is 4. The van der Waals surface area contributed by atoms with E-state index in [4.69, 9.17) is 0 Å². The zero-order valence-corrected chi connectivity index (χ0v) is 33.3. The molecule has 0 aliphatic carbocycles. The third-order valence-corrected chi connectivity index (χ3v) is 11.2. The fourth-order valence-corrected chi connectivity index (χ4v) is 8.01. The van der Waals surface area contributed by atoms with Crippen molar-refractivity contribution in [2.75, 3.05) is 23.9 Å². The van der Waals surface area contributed by atoms with Crippen molar-refractivity contribution < 1.29 is 36.7 Å². The number of benzene rings is 5. The van der Waals surface area contributed by atoms with E-state index < -0.39 is 59.0 Å². The summed E-state index contributed by atoms with van der Waals surface area (Å²) in [7, 11) is 3.00. The molecule has 2 atom stereocenters. The molecule has 10 nitrogen and oxygen atoms in total. The first kappa shape index (κ1) is 40.7. The second-order valence-electron chi connectivity index (χ2n) is 13.9. The molecular formula is C43H34F4N6O4S2. The lowest BCUT2D eigenvalue weighted by molar-refractivity contribution is -0.120. The summed E-state index contributed by atoms with van der Waals surface area (Å²) in [5.74, 6) is -6.20. The van der Waals surface area contributed by atoms with E-state index in [1.807, 2.05) is 0 Å². The van der Waals surface area contributed by atoms with Gasteiger partial charge in [0.25, 0.3) is 11.8 Å². The number of carbonyl (C=O) groups is 4. The average Bonchev–Trinajstić information content (AvgIpc) is 3.87. The van der Waals surface area contributed by atoms with Crippen LogP contribution in [0.4, 0.5) is 28.9 Å². The number of thiazole rings is 2. The first-order chi connectivity index (χ1) is 28.2. The van der Waals surface area contributed by atoms with E-state index in [2.05, 4.69) is 20.6 Å². The number of amides is 4. The van der Waals surface area contributed by atoms with Crippen molar-refractivity contribution in [2.24, 2.45) is 0 Å². The molecule has 0 radical (unpaired) electrons. The lowest BCUT2D eigenvalue weighted by Crippen LogP contribution is -2.49. The van der Waals surface area contributed by atoms with Crippen LogP contribution in [0.1, 0.15) is 37.4 Å². The molecule has 0 aliphatic rings. The molecule has 0 saturated heterocycles. The van der Waals surface area contributed by atoms with Crippen LogP contribution in [0.3, 0.4) is 0 Å². The second-order valence-corrected chi connectivity index (χ2v) is 15.7. The van der Waals surface area contributed by atoms with E-state index in [0.29, 0.717) is 40.1 Å². The zero-order valence-electron chi connectivity index (χ0n) is 31.6. The Bertz CT molecular complexity index is 2540. The summed E-state index contributed by atoms with van der Waals surface area (Å²) >= 11 is 2.85. The Hall–Kier alpha value is -6.52. The highest BCUT2D eigenvalue weighted by molar-refractivity contribution is 7.17. The van der Waals surface area contributed by atoms with Crippen LogP contribution in [0.2, 0.25) is 0 Å². The van der Waals surface area contributed by atoms with Crippen molar-refractivity contribution in [1.82, 2.24) is 20.6 Å². The largest absolute Gasteiger partial charge is 0.340 e. The number of fused-ring (bicyclic) bond motifs is 2. The van der Waals surface area contributed by atoms with Crippen molar-refractivity contribution in [3.63, 3.8) is 0 Å². The molecule has 16 heteroatoms. The molecule has 5 aromatic carbocycles. The molecule has 7 aromatic rings. The highest BCUT2D eigenvalue weighted by atomic mass is 32.1. The minimum absolute atomic E-state index is 0.0336.